The van der Waals surface area contributed by atoms with Gasteiger partial charge in [0.15, 0.2) is 0 Å². The van der Waals surface area contributed by atoms with Gasteiger partial charge >= 0.3 is 0 Å². The van der Waals surface area contributed by atoms with Crippen LogP contribution in [0.2, 0.25) is 5.02 Å². The molecule has 3 aromatic rings. The first kappa shape index (κ1) is 13.9. The SMILES string of the molecule is Cc1cc(C(N)c2ccnn2-c2ccccc2)ccc1Cl. The standard InChI is InChI=1S/C17H16ClN3/c1-12-11-13(7-8-15(12)18)17(19)16-9-10-20-21(16)14-5-3-2-4-6-14/h2-11,17H,19H2,1H3. The number of rotatable bonds is 3. The van der Waals surface area contributed by atoms with Crippen molar-refractivity contribution >= 4 is 11.6 Å². The van der Waals surface area contributed by atoms with Crippen LogP contribution in [-0.2, 0) is 0 Å². The Balaban J connectivity index is 2.01. The second-order valence-corrected chi connectivity index (χ2v) is 5.40. The molecule has 1 unspecified atom stereocenters. The van der Waals surface area contributed by atoms with E-state index in [1.807, 2.05) is 66.2 Å². The van der Waals surface area contributed by atoms with Crippen LogP contribution >= 0.6 is 11.6 Å². The molecule has 0 saturated heterocycles. The number of halogens is 1. The van der Waals surface area contributed by atoms with Crippen LogP contribution in [0, 0.1) is 6.92 Å². The molecule has 4 heteroatoms. The van der Waals surface area contributed by atoms with Crippen molar-refractivity contribution in [3.63, 3.8) is 0 Å². The summed E-state index contributed by atoms with van der Waals surface area (Å²) in [4.78, 5) is 0. The minimum absolute atomic E-state index is 0.247. The second kappa shape index (κ2) is 5.72. The average molecular weight is 298 g/mol. The Bertz CT molecular complexity index is 750. The fourth-order valence-corrected chi connectivity index (χ4v) is 2.48. The largest absolute Gasteiger partial charge is 0.319 e. The second-order valence-electron chi connectivity index (χ2n) is 4.99. The van der Waals surface area contributed by atoms with Gasteiger partial charge in [-0.3, -0.25) is 0 Å². The van der Waals surface area contributed by atoms with Crippen molar-refractivity contribution in [2.75, 3.05) is 0 Å². The monoisotopic (exact) mass is 297 g/mol. The Hall–Kier alpha value is -2.10. The third-order valence-corrected chi connectivity index (χ3v) is 3.96. The van der Waals surface area contributed by atoms with Gasteiger partial charge in [0, 0.05) is 11.2 Å². The van der Waals surface area contributed by atoms with Gasteiger partial charge in [0.1, 0.15) is 0 Å². The molecular formula is C17H16ClN3. The lowest BCUT2D eigenvalue weighted by Gasteiger charge is -2.15. The summed E-state index contributed by atoms with van der Waals surface area (Å²) < 4.78 is 1.87. The van der Waals surface area contributed by atoms with E-state index >= 15 is 0 Å². The van der Waals surface area contributed by atoms with Crippen LogP contribution < -0.4 is 5.73 Å². The Kier molecular flexibility index (Phi) is 3.78. The number of benzene rings is 2. The third kappa shape index (κ3) is 2.71. The Labute approximate surface area is 129 Å². The number of hydrogen-bond acceptors (Lipinski definition) is 2. The molecule has 0 radical (unpaired) electrons. The highest BCUT2D eigenvalue weighted by atomic mass is 35.5. The lowest BCUT2D eigenvalue weighted by atomic mass is 10.0. The van der Waals surface area contributed by atoms with Crippen LogP contribution in [0.4, 0.5) is 0 Å². The van der Waals surface area contributed by atoms with Crippen LogP contribution in [0.15, 0.2) is 60.8 Å². The molecule has 0 saturated carbocycles. The maximum Gasteiger partial charge on any atom is 0.0727 e. The quantitative estimate of drug-likeness (QED) is 0.797. The van der Waals surface area contributed by atoms with Gasteiger partial charge in [-0.2, -0.15) is 5.10 Å². The molecule has 0 aliphatic carbocycles. The zero-order valence-corrected chi connectivity index (χ0v) is 12.5. The molecule has 1 heterocycles. The van der Waals surface area contributed by atoms with E-state index < -0.39 is 0 Å². The minimum atomic E-state index is -0.247. The van der Waals surface area contributed by atoms with E-state index in [4.69, 9.17) is 17.3 Å². The van der Waals surface area contributed by atoms with Crippen molar-refractivity contribution in [1.29, 1.82) is 0 Å². The fourth-order valence-electron chi connectivity index (χ4n) is 2.37. The van der Waals surface area contributed by atoms with Crippen molar-refractivity contribution in [2.45, 2.75) is 13.0 Å². The molecule has 1 atom stereocenters. The highest BCUT2D eigenvalue weighted by Gasteiger charge is 2.15. The van der Waals surface area contributed by atoms with Crippen molar-refractivity contribution in [1.82, 2.24) is 9.78 Å². The van der Waals surface area contributed by atoms with Crippen LogP contribution in [-0.4, -0.2) is 9.78 Å². The molecule has 3 rings (SSSR count). The van der Waals surface area contributed by atoms with E-state index in [0.717, 1.165) is 27.5 Å². The van der Waals surface area contributed by atoms with Gasteiger partial charge in [-0.1, -0.05) is 41.9 Å². The van der Waals surface area contributed by atoms with E-state index in [1.165, 1.54) is 0 Å². The molecule has 21 heavy (non-hydrogen) atoms. The molecule has 0 aliphatic heterocycles. The minimum Gasteiger partial charge on any atom is -0.319 e. The fraction of sp³-hybridized carbons (Fsp3) is 0.118. The van der Waals surface area contributed by atoms with E-state index in [-0.39, 0.29) is 6.04 Å². The maximum atomic E-state index is 6.41. The first-order valence-electron chi connectivity index (χ1n) is 6.78. The Morgan fingerprint density at radius 3 is 2.57 bits per heavy atom. The molecule has 3 nitrogen and oxygen atoms in total. The van der Waals surface area contributed by atoms with Gasteiger partial charge in [-0.05, 0) is 42.3 Å². The van der Waals surface area contributed by atoms with E-state index in [0.29, 0.717) is 0 Å². The highest BCUT2D eigenvalue weighted by molar-refractivity contribution is 6.31. The molecule has 0 spiro atoms. The zero-order valence-electron chi connectivity index (χ0n) is 11.7. The summed E-state index contributed by atoms with van der Waals surface area (Å²) >= 11 is 6.08. The maximum absolute atomic E-state index is 6.41. The zero-order chi connectivity index (χ0) is 14.8. The third-order valence-electron chi connectivity index (χ3n) is 3.53. The summed E-state index contributed by atoms with van der Waals surface area (Å²) in [5, 5.41) is 5.14. The normalized spacial score (nSPS) is 12.3. The average Bonchev–Trinajstić information content (AvgIpc) is 2.99. The molecule has 2 N–H and O–H groups in total. The molecule has 0 fully saturated rings. The summed E-state index contributed by atoms with van der Waals surface area (Å²) in [5.41, 5.74) is 10.4. The highest BCUT2D eigenvalue weighted by Crippen LogP contribution is 2.25. The van der Waals surface area contributed by atoms with Crippen LogP contribution in [0.1, 0.15) is 22.9 Å². The van der Waals surface area contributed by atoms with Crippen molar-refractivity contribution < 1.29 is 0 Å². The van der Waals surface area contributed by atoms with Gasteiger partial charge in [0.25, 0.3) is 0 Å². The molecule has 0 amide bonds. The summed E-state index contributed by atoms with van der Waals surface area (Å²) in [6.45, 7) is 1.98. The van der Waals surface area contributed by atoms with Gasteiger partial charge in [0.2, 0.25) is 0 Å². The molecule has 1 aromatic heterocycles. The predicted molar refractivity (Wildman–Crippen MR) is 85.8 cm³/mol. The van der Waals surface area contributed by atoms with Crippen molar-refractivity contribution in [3.8, 4) is 5.69 Å². The molecule has 106 valence electrons. The van der Waals surface area contributed by atoms with Crippen LogP contribution in [0.5, 0.6) is 0 Å². The van der Waals surface area contributed by atoms with Crippen LogP contribution in [0.25, 0.3) is 5.69 Å². The number of nitrogens with zero attached hydrogens (tertiary/aromatic N) is 2. The first-order chi connectivity index (χ1) is 10.2. The molecular weight excluding hydrogens is 282 g/mol. The van der Waals surface area contributed by atoms with Crippen LogP contribution in [0.3, 0.4) is 0 Å². The molecule has 0 aliphatic rings. The number of hydrogen-bond donors (Lipinski definition) is 1. The van der Waals surface area contributed by atoms with E-state index in [1.54, 1.807) is 6.20 Å². The first-order valence-corrected chi connectivity index (χ1v) is 7.15. The van der Waals surface area contributed by atoms with Crippen molar-refractivity contribution in [2.24, 2.45) is 5.73 Å². The molecule has 0 bridgehead atoms. The van der Waals surface area contributed by atoms with Gasteiger partial charge < -0.3 is 5.73 Å². The van der Waals surface area contributed by atoms with Gasteiger partial charge in [0.05, 0.1) is 17.4 Å². The van der Waals surface area contributed by atoms with E-state index in [2.05, 4.69) is 5.10 Å². The summed E-state index contributed by atoms with van der Waals surface area (Å²) in [6.07, 6.45) is 1.77. The predicted octanol–water partition coefficient (Wildman–Crippen LogP) is 3.88. The Morgan fingerprint density at radius 2 is 1.86 bits per heavy atom. The topological polar surface area (TPSA) is 43.8 Å². The lowest BCUT2D eigenvalue weighted by Crippen LogP contribution is -2.16. The number of para-hydroxylation sites is 1. The van der Waals surface area contributed by atoms with Gasteiger partial charge in [-0.25, -0.2) is 4.68 Å². The lowest BCUT2D eigenvalue weighted by molar-refractivity contribution is 0.739. The number of nitrogens with two attached hydrogens (primary N) is 1. The number of aromatic nitrogens is 2. The summed E-state index contributed by atoms with van der Waals surface area (Å²) in [6, 6.07) is 17.5. The number of aryl methyl sites for hydroxylation is 1. The molecule has 2 aromatic carbocycles. The smallest absolute Gasteiger partial charge is 0.0727 e. The van der Waals surface area contributed by atoms with Crippen molar-refractivity contribution in [3.05, 3.63) is 82.6 Å². The summed E-state index contributed by atoms with van der Waals surface area (Å²) in [5.74, 6) is 0. The Morgan fingerprint density at radius 1 is 1.10 bits per heavy atom. The van der Waals surface area contributed by atoms with Gasteiger partial charge in [-0.15, -0.1) is 0 Å². The summed E-state index contributed by atoms with van der Waals surface area (Å²) in [7, 11) is 0. The van der Waals surface area contributed by atoms with E-state index in [9.17, 15) is 0 Å².